The molecule has 110 valence electrons. The fraction of sp³-hybridized carbons (Fsp3) is 0.933. The second-order valence-electron chi connectivity index (χ2n) is 5.59. The minimum Gasteiger partial charge on any atom is -0.384 e. The predicted molar refractivity (Wildman–Crippen MR) is 78.0 cm³/mol. The van der Waals surface area contributed by atoms with Gasteiger partial charge in [-0.2, -0.15) is 5.26 Å². The van der Waals surface area contributed by atoms with Gasteiger partial charge in [-0.05, 0) is 51.2 Å². The molecule has 0 aromatic heterocycles. The third kappa shape index (κ3) is 5.10. The Kier molecular flexibility index (Phi) is 7.37. The molecular weight excluding hydrogens is 238 g/mol. The van der Waals surface area contributed by atoms with Crippen LogP contribution in [0.25, 0.3) is 0 Å². The minimum absolute atomic E-state index is 0.319. The third-order valence-electron chi connectivity index (χ3n) is 4.18. The number of hydrogen-bond acceptors (Lipinski definition) is 4. The van der Waals surface area contributed by atoms with Crippen molar-refractivity contribution >= 4 is 0 Å². The second kappa shape index (κ2) is 8.52. The Balaban J connectivity index is 2.28. The van der Waals surface area contributed by atoms with Crippen LogP contribution in [0, 0.1) is 17.2 Å². The zero-order chi connectivity index (χ0) is 14.1. The second-order valence-corrected chi connectivity index (χ2v) is 5.59. The van der Waals surface area contributed by atoms with Crippen LogP contribution >= 0.6 is 0 Å². The van der Waals surface area contributed by atoms with E-state index in [1.807, 2.05) is 0 Å². The van der Waals surface area contributed by atoms with E-state index in [-0.39, 0.29) is 5.54 Å². The van der Waals surface area contributed by atoms with E-state index in [2.05, 4.69) is 30.1 Å². The molecule has 2 unspecified atom stereocenters. The molecule has 0 aromatic carbocycles. The van der Waals surface area contributed by atoms with Crippen molar-refractivity contribution in [3.05, 3.63) is 0 Å². The molecule has 0 amide bonds. The van der Waals surface area contributed by atoms with Crippen molar-refractivity contribution in [1.82, 2.24) is 10.2 Å². The van der Waals surface area contributed by atoms with Crippen LogP contribution in [0.15, 0.2) is 0 Å². The molecule has 0 radical (unpaired) electrons. The van der Waals surface area contributed by atoms with Crippen molar-refractivity contribution in [1.29, 1.82) is 5.26 Å². The molecule has 1 N–H and O–H groups in total. The molecule has 0 spiro atoms. The Morgan fingerprint density at radius 3 is 2.84 bits per heavy atom. The molecule has 1 aliphatic rings. The van der Waals surface area contributed by atoms with E-state index < -0.39 is 0 Å². The van der Waals surface area contributed by atoms with Crippen LogP contribution in [-0.2, 0) is 4.74 Å². The monoisotopic (exact) mass is 267 g/mol. The fourth-order valence-corrected chi connectivity index (χ4v) is 3.00. The number of nitriles is 1. The number of nitrogens with zero attached hydrogens (tertiary/aromatic N) is 2. The van der Waals surface area contributed by atoms with Crippen LogP contribution in [0.4, 0.5) is 0 Å². The lowest BCUT2D eigenvalue weighted by atomic mass is 9.92. The van der Waals surface area contributed by atoms with E-state index >= 15 is 0 Å². The smallest absolute Gasteiger partial charge is 0.106 e. The van der Waals surface area contributed by atoms with E-state index in [0.29, 0.717) is 5.92 Å². The number of ether oxygens (including phenoxy) is 1. The molecule has 0 saturated carbocycles. The quantitative estimate of drug-likeness (QED) is 0.694. The molecule has 2 atom stereocenters. The normalized spacial score (nSPS) is 23.2. The van der Waals surface area contributed by atoms with Gasteiger partial charge < -0.3 is 9.64 Å². The summed E-state index contributed by atoms with van der Waals surface area (Å²) in [6, 6.07) is 2.47. The first-order valence-electron chi connectivity index (χ1n) is 7.57. The average molecular weight is 267 g/mol. The topological polar surface area (TPSA) is 48.3 Å². The number of rotatable bonds is 9. The lowest BCUT2D eigenvalue weighted by Crippen LogP contribution is -2.43. The molecule has 1 heterocycles. The summed E-state index contributed by atoms with van der Waals surface area (Å²) in [4.78, 5) is 2.51. The lowest BCUT2D eigenvalue weighted by molar-refractivity contribution is 0.152. The van der Waals surface area contributed by atoms with Crippen LogP contribution in [0.2, 0.25) is 0 Å². The largest absolute Gasteiger partial charge is 0.384 e. The molecule has 1 rings (SSSR count). The summed E-state index contributed by atoms with van der Waals surface area (Å²) >= 11 is 0. The van der Waals surface area contributed by atoms with Crippen molar-refractivity contribution in [2.75, 3.05) is 39.9 Å². The maximum absolute atomic E-state index is 9.37. The molecule has 1 saturated heterocycles. The van der Waals surface area contributed by atoms with Gasteiger partial charge in [0.15, 0.2) is 0 Å². The highest BCUT2D eigenvalue weighted by Crippen LogP contribution is 2.20. The zero-order valence-corrected chi connectivity index (χ0v) is 12.7. The number of likely N-dealkylation sites (tertiary alicyclic amines) is 1. The fourth-order valence-electron chi connectivity index (χ4n) is 3.00. The summed E-state index contributed by atoms with van der Waals surface area (Å²) in [7, 11) is 1.78. The van der Waals surface area contributed by atoms with Gasteiger partial charge in [-0.3, -0.25) is 5.32 Å². The minimum atomic E-state index is -0.319. The maximum Gasteiger partial charge on any atom is 0.106 e. The molecule has 0 bridgehead atoms. The van der Waals surface area contributed by atoms with Crippen molar-refractivity contribution in [3.63, 3.8) is 0 Å². The third-order valence-corrected chi connectivity index (χ3v) is 4.18. The summed E-state index contributed by atoms with van der Waals surface area (Å²) in [5.41, 5.74) is -0.319. The predicted octanol–water partition coefficient (Wildman–Crippen LogP) is 2.02. The van der Waals surface area contributed by atoms with E-state index in [1.165, 1.54) is 13.0 Å². The van der Waals surface area contributed by atoms with Crippen LogP contribution in [0.3, 0.4) is 0 Å². The summed E-state index contributed by atoms with van der Waals surface area (Å²) in [5, 5.41) is 12.7. The van der Waals surface area contributed by atoms with Gasteiger partial charge in [0.1, 0.15) is 5.54 Å². The SMILES string of the molecule is CCNC(C#N)(CC)CCCN1CCC(COC)C1. The first-order chi connectivity index (χ1) is 9.19. The standard InChI is InChI=1S/C15H29N3O/c1-4-15(13-16,17-5-2)8-6-9-18-10-7-14(11-18)12-19-3/h14,17H,4-12H2,1-3H3. The highest BCUT2D eigenvalue weighted by molar-refractivity contribution is 5.06. The van der Waals surface area contributed by atoms with Crippen molar-refractivity contribution in [2.45, 2.75) is 45.1 Å². The van der Waals surface area contributed by atoms with Crippen LogP contribution in [0.1, 0.15) is 39.5 Å². The van der Waals surface area contributed by atoms with Gasteiger partial charge in [-0.15, -0.1) is 0 Å². The summed E-state index contributed by atoms with van der Waals surface area (Å²) in [6.45, 7) is 9.34. The van der Waals surface area contributed by atoms with Crippen molar-refractivity contribution in [2.24, 2.45) is 5.92 Å². The van der Waals surface area contributed by atoms with Crippen LogP contribution in [0.5, 0.6) is 0 Å². The molecule has 0 aliphatic carbocycles. The average Bonchev–Trinajstić information content (AvgIpc) is 2.86. The van der Waals surface area contributed by atoms with Gasteiger partial charge in [-0.25, -0.2) is 0 Å². The van der Waals surface area contributed by atoms with Gasteiger partial charge in [-0.1, -0.05) is 13.8 Å². The molecule has 0 aromatic rings. The van der Waals surface area contributed by atoms with Crippen molar-refractivity contribution in [3.8, 4) is 6.07 Å². The Morgan fingerprint density at radius 1 is 1.47 bits per heavy atom. The van der Waals surface area contributed by atoms with Gasteiger partial charge in [0.25, 0.3) is 0 Å². The highest BCUT2D eigenvalue weighted by atomic mass is 16.5. The number of nitrogens with one attached hydrogen (secondary N) is 1. The summed E-state index contributed by atoms with van der Waals surface area (Å²) in [6.07, 6.45) is 4.16. The lowest BCUT2D eigenvalue weighted by Gasteiger charge is -2.27. The molecule has 4 heteroatoms. The van der Waals surface area contributed by atoms with E-state index in [9.17, 15) is 5.26 Å². The van der Waals surface area contributed by atoms with Gasteiger partial charge in [0.05, 0.1) is 12.7 Å². The van der Waals surface area contributed by atoms with E-state index in [4.69, 9.17) is 4.74 Å². The number of methoxy groups -OCH3 is 1. The molecule has 4 nitrogen and oxygen atoms in total. The first kappa shape index (κ1) is 16.4. The van der Waals surface area contributed by atoms with Crippen LogP contribution < -0.4 is 5.32 Å². The molecular formula is C15H29N3O. The van der Waals surface area contributed by atoms with Crippen molar-refractivity contribution < 1.29 is 4.74 Å². The summed E-state index contributed by atoms with van der Waals surface area (Å²) < 4.78 is 5.22. The Morgan fingerprint density at radius 2 is 2.26 bits per heavy atom. The zero-order valence-electron chi connectivity index (χ0n) is 12.7. The van der Waals surface area contributed by atoms with Gasteiger partial charge in [0.2, 0.25) is 0 Å². The highest BCUT2D eigenvalue weighted by Gasteiger charge is 2.27. The Hall–Kier alpha value is -0.630. The van der Waals surface area contributed by atoms with Gasteiger partial charge in [0, 0.05) is 13.7 Å². The van der Waals surface area contributed by atoms with E-state index in [1.54, 1.807) is 7.11 Å². The van der Waals surface area contributed by atoms with Gasteiger partial charge >= 0.3 is 0 Å². The number of hydrogen-bond donors (Lipinski definition) is 1. The molecule has 1 aliphatic heterocycles. The maximum atomic E-state index is 9.37. The molecule has 19 heavy (non-hydrogen) atoms. The molecule has 1 fully saturated rings. The Bertz CT molecular complexity index is 290. The van der Waals surface area contributed by atoms with Crippen LogP contribution in [-0.4, -0.2) is 50.3 Å². The Labute approximate surface area is 118 Å². The van der Waals surface area contributed by atoms with E-state index in [0.717, 1.165) is 45.5 Å². The first-order valence-corrected chi connectivity index (χ1v) is 7.57. The summed E-state index contributed by atoms with van der Waals surface area (Å²) in [5.74, 6) is 0.700.